The minimum atomic E-state index is -4.82. The van der Waals surface area contributed by atoms with E-state index in [2.05, 4.69) is 6.92 Å². The summed E-state index contributed by atoms with van der Waals surface area (Å²) in [5.41, 5.74) is 0.701. The number of hydrogen-bond acceptors (Lipinski definition) is 3. The number of hydrogen-bond donors (Lipinski definition) is 2. The largest absolute Gasteiger partial charge is 0.480 e. The Morgan fingerprint density at radius 3 is 1.61 bits per heavy atom. The van der Waals surface area contributed by atoms with Crippen molar-refractivity contribution < 1.29 is 22.9 Å². The lowest BCUT2D eigenvalue weighted by Crippen LogP contribution is -2.44. The number of carboxylic acid groups (broad SMARTS) is 1. The predicted octanol–water partition coefficient (Wildman–Crippen LogP) is 7.03. The van der Waals surface area contributed by atoms with E-state index in [0.717, 1.165) is 25.7 Å². The van der Waals surface area contributed by atoms with Crippen LogP contribution in [-0.4, -0.2) is 24.0 Å². The Morgan fingerprint density at radius 1 is 0.806 bits per heavy atom. The smallest absolute Gasteiger partial charge is 0.332 e. The van der Waals surface area contributed by atoms with E-state index in [1.807, 2.05) is 0 Å². The summed E-state index contributed by atoms with van der Waals surface area (Å²) in [6, 6.07) is 6.49. The second-order valence-corrected chi connectivity index (χ2v) is 10.4. The van der Waals surface area contributed by atoms with E-state index in [9.17, 15) is 22.9 Å². The third kappa shape index (κ3) is 8.93. The minimum absolute atomic E-state index is 0.121. The van der Waals surface area contributed by atoms with Gasteiger partial charge in [0.1, 0.15) is 0 Å². The highest BCUT2D eigenvalue weighted by molar-refractivity contribution is 7.87. The van der Waals surface area contributed by atoms with Crippen LogP contribution in [0.3, 0.4) is 0 Å². The molecule has 0 aliphatic heterocycles. The molecular weight excluding hydrogens is 412 g/mol. The van der Waals surface area contributed by atoms with Gasteiger partial charge in [0.05, 0.1) is 0 Å². The molecule has 1 rings (SSSR count). The molecular formula is C25H42O5S. The fourth-order valence-electron chi connectivity index (χ4n) is 4.33. The third-order valence-corrected chi connectivity index (χ3v) is 7.73. The zero-order valence-corrected chi connectivity index (χ0v) is 20.3. The van der Waals surface area contributed by atoms with Crippen LogP contribution in [0.15, 0.2) is 24.3 Å². The van der Waals surface area contributed by atoms with Gasteiger partial charge in [0.15, 0.2) is 0 Å². The zero-order valence-electron chi connectivity index (χ0n) is 19.4. The molecule has 0 saturated carbocycles. The third-order valence-electron chi connectivity index (χ3n) is 6.25. The Bertz CT molecular complexity index is 744. The molecule has 0 fully saturated rings. The first kappa shape index (κ1) is 27.6. The molecule has 0 aliphatic rings. The summed E-state index contributed by atoms with van der Waals surface area (Å²) in [7, 11) is -4.82. The van der Waals surface area contributed by atoms with Crippen LogP contribution in [0, 0.1) is 6.92 Å². The first-order valence-corrected chi connectivity index (χ1v) is 13.5. The summed E-state index contributed by atoms with van der Waals surface area (Å²) in [6.45, 7) is 3.91. The van der Waals surface area contributed by atoms with Gasteiger partial charge in [-0.1, -0.05) is 121 Å². The number of carbonyl (C=O) groups is 1. The molecule has 1 aromatic carbocycles. The van der Waals surface area contributed by atoms with Gasteiger partial charge in [-0.05, 0) is 24.5 Å². The molecule has 0 amide bonds. The Kier molecular flexibility index (Phi) is 13.0. The molecule has 5 nitrogen and oxygen atoms in total. The molecule has 0 bridgehead atoms. The fourth-order valence-corrected chi connectivity index (χ4v) is 5.46. The lowest BCUT2D eigenvalue weighted by molar-refractivity contribution is -0.140. The van der Waals surface area contributed by atoms with E-state index in [1.54, 1.807) is 25.1 Å². The first-order valence-electron chi connectivity index (χ1n) is 12.0. The topological polar surface area (TPSA) is 91.7 Å². The Morgan fingerprint density at radius 2 is 1.23 bits per heavy atom. The molecule has 0 spiro atoms. The lowest BCUT2D eigenvalue weighted by Gasteiger charge is -2.28. The maximum atomic E-state index is 12.2. The van der Waals surface area contributed by atoms with Gasteiger partial charge in [-0.15, -0.1) is 0 Å². The summed E-state index contributed by atoms with van der Waals surface area (Å²) in [5.74, 6) is -1.51. The van der Waals surface area contributed by atoms with Crippen molar-refractivity contribution in [2.75, 3.05) is 0 Å². The van der Waals surface area contributed by atoms with Gasteiger partial charge >= 0.3 is 5.97 Å². The normalized spacial score (nSPS) is 13.8. The van der Waals surface area contributed by atoms with Gasteiger partial charge in [0, 0.05) is 0 Å². The van der Waals surface area contributed by atoms with Crippen molar-refractivity contribution in [2.24, 2.45) is 0 Å². The van der Waals surface area contributed by atoms with Crippen LogP contribution in [0.1, 0.15) is 114 Å². The van der Waals surface area contributed by atoms with Crippen LogP contribution < -0.4 is 0 Å². The van der Waals surface area contributed by atoms with E-state index in [4.69, 9.17) is 0 Å². The van der Waals surface area contributed by atoms with Crippen molar-refractivity contribution in [3.8, 4) is 0 Å². The van der Waals surface area contributed by atoms with Crippen LogP contribution in [0.4, 0.5) is 0 Å². The monoisotopic (exact) mass is 454 g/mol. The Hall–Kier alpha value is -1.40. The molecule has 0 aromatic heterocycles. The quantitative estimate of drug-likeness (QED) is 0.183. The lowest BCUT2D eigenvalue weighted by atomic mass is 9.89. The van der Waals surface area contributed by atoms with Gasteiger partial charge in [-0.2, -0.15) is 8.42 Å². The maximum Gasteiger partial charge on any atom is 0.332 e. The maximum absolute atomic E-state index is 12.2. The van der Waals surface area contributed by atoms with Gasteiger partial charge in [0.25, 0.3) is 10.1 Å². The predicted molar refractivity (Wildman–Crippen MR) is 127 cm³/mol. The van der Waals surface area contributed by atoms with Crippen molar-refractivity contribution >= 4 is 16.1 Å². The van der Waals surface area contributed by atoms with Gasteiger partial charge < -0.3 is 5.11 Å². The highest BCUT2D eigenvalue weighted by Gasteiger charge is 2.52. The summed E-state index contributed by atoms with van der Waals surface area (Å²) in [4.78, 5) is 12.0. The summed E-state index contributed by atoms with van der Waals surface area (Å²) in [6.07, 6.45) is 16.1. The molecule has 1 atom stereocenters. The van der Waals surface area contributed by atoms with Crippen molar-refractivity contribution in [2.45, 2.75) is 115 Å². The minimum Gasteiger partial charge on any atom is -0.480 e. The highest BCUT2D eigenvalue weighted by Crippen LogP contribution is 2.37. The first-order chi connectivity index (χ1) is 14.8. The number of carboxylic acids is 1. The van der Waals surface area contributed by atoms with E-state index >= 15 is 0 Å². The van der Waals surface area contributed by atoms with E-state index in [-0.39, 0.29) is 12.0 Å². The average Bonchev–Trinajstić information content (AvgIpc) is 2.70. The van der Waals surface area contributed by atoms with Gasteiger partial charge in [-0.25, -0.2) is 0 Å². The van der Waals surface area contributed by atoms with Gasteiger partial charge in [-0.3, -0.25) is 9.35 Å². The summed E-state index contributed by atoms with van der Waals surface area (Å²) >= 11 is 0. The van der Waals surface area contributed by atoms with Crippen LogP contribution in [0.25, 0.3) is 0 Å². The van der Waals surface area contributed by atoms with E-state index in [0.29, 0.717) is 12.0 Å². The molecule has 1 unspecified atom stereocenters. The van der Waals surface area contributed by atoms with Gasteiger partial charge in [0.2, 0.25) is 4.75 Å². The standard InChI is InChI=1S/C25H42O5S/c1-3-4-5-6-7-8-9-10-11-12-13-14-15-18-21-25(24(26)27,31(28,29)30)23-20-17-16-19-22(23)2/h16-17,19-20H,3-15,18,21H2,1-2H3,(H,26,27)(H,28,29,30). The van der Waals surface area contributed by atoms with E-state index < -0.39 is 20.8 Å². The average molecular weight is 455 g/mol. The number of unbranched alkanes of at least 4 members (excludes halogenated alkanes) is 13. The SMILES string of the molecule is CCCCCCCCCCCCCCCCC(C(=O)O)(c1ccccc1C)S(=O)(=O)O. The number of rotatable bonds is 18. The molecule has 0 radical (unpaired) electrons. The number of aryl methyl sites for hydroxylation is 1. The molecule has 0 aliphatic carbocycles. The molecule has 6 heteroatoms. The van der Waals surface area contributed by atoms with E-state index in [1.165, 1.54) is 63.9 Å². The molecule has 1 aromatic rings. The second-order valence-electron chi connectivity index (χ2n) is 8.77. The van der Waals surface area contributed by atoms with Crippen molar-refractivity contribution in [1.82, 2.24) is 0 Å². The van der Waals surface area contributed by atoms with Crippen LogP contribution in [0.5, 0.6) is 0 Å². The summed E-state index contributed by atoms with van der Waals surface area (Å²) in [5, 5.41) is 9.80. The molecule has 0 heterocycles. The Labute approximate surface area is 189 Å². The molecule has 2 N–H and O–H groups in total. The van der Waals surface area contributed by atoms with Crippen LogP contribution in [0.2, 0.25) is 0 Å². The highest BCUT2D eigenvalue weighted by atomic mass is 32.2. The molecule has 0 saturated heterocycles. The second kappa shape index (κ2) is 14.6. The van der Waals surface area contributed by atoms with Crippen molar-refractivity contribution in [1.29, 1.82) is 0 Å². The Balaban J connectivity index is 2.37. The van der Waals surface area contributed by atoms with Crippen LogP contribution in [-0.2, 0) is 19.7 Å². The van der Waals surface area contributed by atoms with Crippen molar-refractivity contribution in [3.63, 3.8) is 0 Å². The zero-order chi connectivity index (χ0) is 23.2. The number of benzene rings is 1. The molecule has 178 valence electrons. The number of aliphatic carboxylic acids is 1. The fraction of sp³-hybridized carbons (Fsp3) is 0.720. The molecule has 31 heavy (non-hydrogen) atoms. The van der Waals surface area contributed by atoms with Crippen molar-refractivity contribution in [3.05, 3.63) is 35.4 Å². The summed E-state index contributed by atoms with van der Waals surface area (Å²) < 4.78 is 31.9. The van der Waals surface area contributed by atoms with Crippen LogP contribution >= 0.6 is 0 Å².